The van der Waals surface area contributed by atoms with Gasteiger partial charge in [0.05, 0.1) is 11.5 Å². The lowest BCUT2D eigenvalue weighted by molar-refractivity contribution is -0.149. The van der Waals surface area contributed by atoms with Crippen LogP contribution in [0.5, 0.6) is 0 Å². The van der Waals surface area contributed by atoms with Gasteiger partial charge in [0.2, 0.25) is 0 Å². The molecule has 3 atom stereocenters. The topological polar surface area (TPSA) is 69.6 Å². The van der Waals surface area contributed by atoms with E-state index in [1.54, 1.807) is 24.0 Å². The van der Waals surface area contributed by atoms with Gasteiger partial charge in [-0.05, 0) is 49.8 Å². The minimum atomic E-state index is -0.789. The summed E-state index contributed by atoms with van der Waals surface area (Å²) in [5.41, 5.74) is 0.594. The predicted octanol–water partition coefficient (Wildman–Crippen LogP) is 3.09. The maximum atomic E-state index is 13.4. The number of hydrogen-bond donors (Lipinski definition) is 2. The van der Waals surface area contributed by atoms with E-state index >= 15 is 0 Å². The summed E-state index contributed by atoms with van der Waals surface area (Å²) in [6.45, 7) is 4.29. The van der Waals surface area contributed by atoms with E-state index in [9.17, 15) is 19.1 Å². The number of aryl methyl sites for hydroxylation is 1. The average molecular weight is 334 g/mol. The third kappa shape index (κ3) is 2.74. The van der Waals surface area contributed by atoms with E-state index in [1.165, 1.54) is 6.07 Å². The molecule has 5 nitrogen and oxygen atoms in total. The number of rotatable bonds is 3. The van der Waals surface area contributed by atoms with Crippen molar-refractivity contribution >= 4 is 12.0 Å². The van der Waals surface area contributed by atoms with Crippen molar-refractivity contribution in [2.75, 3.05) is 13.1 Å². The van der Waals surface area contributed by atoms with E-state index < -0.39 is 11.4 Å². The van der Waals surface area contributed by atoms with Gasteiger partial charge < -0.3 is 15.3 Å². The fraction of sp³-hybridized carbons (Fsp3) is 0.556. The molecule has 1 saturated carbocycles. The number of benzene rings is 1. The lowest BCUT2D eigenvalue weighted by Gasteiger charge is -2.24. The van der Waals surface area contributed by atoms with Crippen molar-refractivity contribution in [2.24, 2.45) is 11.3 Å². The summed E-state index contributed by atoms with van der Waals surface area (Å²) in [7, 11) is 0. The lowest BCUT2D eigenvalue weighted by Crippen LogP contribution is -2.42. The second-order valence-corrected chi connectivity index (χ2v) is 7.11. The SMILES string of the molecule is Cc1cc(C(C)NC(=O)N2C[C@@H]3CCC[C@@]3(C(=O)O)C2)ccc1F. The second kappa shape index (κ2) is 6.07. The fourth-order valence-electron chi connectivity index (χ4n) is 4.09. The summed E-state index contributed by atoms with van der Waals surface area (Å²) in [6.07, 6.45) is 2.42. The van der Waals surface area contributed by atoms with Crippen LogP contribution in [0.15, 0.2) is 18.2 Å². The van der Waals surface area contributed by atoms with Crippen LogP contribution in [0.3, 0.4) is 0 Å². The highest BCUT2D eigenvalue weighted by Crippen LogP contribution is 2.48. The quantitative estimate of drug-likeness (QED) is 0.892. The Kier molecular flexibility index (Phi) is 4.24. The molecule has 1 aromatic carbocycles. The molecule has 2 N–H and O–H groups in total. The number of aliphatic carboxylic acids is 1. The molecular formula is C18H23FN2O3. The van der Waals surface area contributed by atoms with E-state index in [0.717, 1.165) is 18.4 Å². The molecule has 2 aliphatic rings. The number of nitrogens with one attached hydrogen (secondary N) is 1. The molecule has 0 radical (unpaired) electrons. The molecule has 3 rings (SSSR count). The molecule has 1 heterocycles. The van der Waals surface area contributed by atoms with Gasteiger partial charge in [-0.25, -0.2) is 9.18 Å². The average Bonchev–Trinajstić information content (AvgIpc) is 3.08. The number of carbonyl (C=O) groups is 2. The number of urea groups is 1. The number of carboxylic acids is 1. The Hall–Kier alpha value is -2.11. The Morgan fingerprint density at radius 1 is 1.46 bits per heavy atom. The Bertz CT molecular complexity index is 678. The molecule has 1 aliphatic heterocycles. The van der Waals surface area contributed by atoms with Crippen molar-refractivity contribution in [1.82, 2.24) is 10.2 Å². The van der Waals surface area contributed by atoms with Gasteiger partial charge in [-0.1, -0.05) is 18.6 Å². The highest BCUT2D eigenvalue weighted by atomic mass is 19.1. The van der Waals surface area contributed by atoms with Gasteiger partial charge >= 0.3 is 12.0 Å². The molecule has 1 aliphatic carbocycles. The number of carboxylic acid groups (broad SMARTS) is 1. The van der Waals surface area contributed by atoms with E-state index in [2.05, 4.69) is 5.32 Å². The Labute approximate surface area is 140 Å². The van der Waals surface area contributed by atoms with Gasteiger partial charge in [-0.2, -0.15) is 0 Å². The molecule has 2 fully saturated rings. The van der Waals surface area contributed by atoms with Gasteiger partial charge in [-0.15, -0.1) is 0 Å². The maximum absolute atomic E-state index is 13.4. The van der Waals surface area contributed by atoms with Crippen molar-refractivity contribution in [3.8, 4) is 0 Å². The second-order valence-electron chi connectivity index (χ2n) is 7.11. The van der Waals surface area contributed by atoms with Crippen LogP contribution in [-0.2, 0) is 4.79 Å². The Morgan fingerprint density at radius 3 is 2.83 bits per heavy atom. The number of halogens is 1. The fourth-order valence-corrected chi connectivity index (χ4v) is 4.09. The zero-order valence-electron chi connectivity index (χ0n) is 14.0. The zero-order chi connectivity index (χ0) is 17.5. The molecule has 0 bridgehead atoms. The number of hydrogen-bond acceptors (Lipinski definition) is 2. The molecule has 1 unspecified atom stereocenters. The number of nitrogens with zero attached hydrogens (tertiary/aromatic N) is 1. The molecule has 2 amide bonds. The molecule has 1 aromatic rings. The molecule has 6 heteroatoms. The van der Waals surface area contributed by atoms with Crippen molar-refractivity contribution in [3.63, 3.8) is 0 Å². The minimum absolute atomic E-state index is 0.0455. The van der Waals surface area contributed by atoms with Gasteiger partial charge in [0, 0.05) is 13.1 Å². The van der Waals surface area contributed by atoms with E-state index in [-0.39, 0.29) is 30.4 Å². The summed E-state index contributed by atoms with van der Waals surface area (Å²) < 4.78 is 13.4. The van der Waals surface area contributed by atoms with Crippen LogP contribution in [-0.4, -0.2) is 35.1 Å². The smallest absolute Gasteiger partial charge is 0.317 e. The zero-order valence-corrected chi connectivity index (χ0v) is 14.0. The van der Waals surface area contributed by atoms with Crippen LogP contribution in [0.4, 0.5) is 9.18 Å². The molecule has 130 valence electrons. The molecule has 0 aromatic heterocycles. The first-order valence-electron chi connectivity index (χ1n) is 8.38. The van der Waals surface area contributed by atoms with Crippen LogP contribution in [0.25, 0.3) is 0 Å². The van der Waals surface area contributed by atoms with Gasteiger partial charge in [-0.3, -0.25) is 4.79 Å². The summed E-state index contributed by atoms with van der Waals surface area (Å²) >= 11 is 0. The van der Waals surface area contributed by atoms with E-state index in [4.69, 9.17) is 0 Å². The van der Waals surface area contributed by atoms with E-state index in [1.807, 2.05) is 6.92 Å². The number of likely N-dealkylation sites (tertiary alicyclic amines) is 1. The van der Waals surface area contributed by atoms with Crippen molar-refractivity contribution < 1.29 is 19.1 Å². The number of amides is 2. The number of carbonyl (C=O) groups excluding carboxylic acids is 1. The van der Waals surface area contributed by atoms with Gasteiger partial charge in [0.15, 0.2) is 0 Å². The van der Waals surface area contributed by atoms with Crippen LogP contribution >= 0.6 is 0 Å². The van der Waals surface area contributed by atoms with Crippen LogP contribution < -0.4 is 5.32 Å². The molecule has 0 spiro atoms. The third-order valence-electron chi connectivity index (χ3n) is 5.61. The summed E-state index contributed by atoms with van der Waals surface area (Å²) in [6, 6.07) is 4.26. The summed E-state index contributed by atoms with van der Waals surface area (Å²) in [4.78, 5) is 25.8. The normalized spacial score (nSPS) is 27.0. The maximum Gasteiger partial charge on any atom is 0.317 e. The van der Waals surface area contributed by atoms with Gasteiger partial charge in [0.25, 0.3) is 0 Å². The first kappa shape index (κ1) is 16.7. The largest absolute Gasteiger partial charge is 0.481 e. The van der Waals surface area contributed by atoms with Crippen molar-refractivity contribution in [2.45, 2.75) is 39.2 Å². The highest BCUT2D eigenvalue weighted by molar-refractivity contribution is 5.80. The first-order valence-corrected chi connectivity index (χ1v) is 8.38. The van der Waals surface area contributed by atoms with Crippen LogP contribution in [0.2, 0.25) is 0 Å². The number of fused-ring (bicyclic) bond motifs is 1. The lowest BCUT2D eigenvalue weighted by atomic mass is 9.81. The summed E-state index contributed by atoms with van der Waals surface area (Å²) in [5.74, 6) is -1.01. The van der Waals surface area contributed by atoms with Crippen LogP contribution in [0.1, 0.15) is 43.4 Å². The van der Waals surface area contributed by atoms with Crippen molar-refractivity contribution in [3.05, 3.63) is 35.1 Å². The van der Waals surface area contributed by atoms with Crippen molar-refractivity contribution in [1.29, 1.82) is 0 Å². The Morgan fingerprint density at radius 2 is 2.21 bits per heavy atom. The third-order valence-corrected chi connectivity index (χ3v) is 5.61. The molecule has 24 heavy (non-hydrogen) atoms. The predicted molar refractivity (Wildman–Crippen MR) is 87.1 cm³/mol. The highest BCUT2D eigenvalue weighted by Gasteiger charge is 2.55. The standard InChI is InChI=1S/C18H23FN2O3/c1-11-8-13(5-6-15(11)19)12(2)20-17(24)21-9-14-4-3-7-18(14,10-21)16(22)23/h5-6,8,12,14H,3-4,7,9-10H2,1-2H3,(H,20,24)(H,22,23)/t12?,14-,18+/m0/s1. The minimum Gasteiger partial charge on any atom is -0.481 e. The molecular weight excluding hydrogens is 311 g/mol. The first-order chi connectivity index (χ1) is 11.3. The molecule has 1 saturated heterocycles. The van der Waals surface area contributed by atoms with Crippen LogP contribution in [0, 0.1) is 24.1 Å². The van der Waals surface area contributed by atoms with E-state index in [0.29, 0.717) is 18.5 Å². The summed E-state index contributed by atoms with van der Waals surface area (Å²) in [5, 5.41) is 12.5. The van der Waals surface area contributed by atoms with Gasteiger partial charge in [0.1, 0.15) is 5.82 Å². The Balaban J connectivity index is 1.67. The monoisotopic (exact) mass is 334 g/mol.